The van der Waals surface area contributed by atoms with Crippen LogP contribution in [0.1, 0.15) is 44.9 Å². The summed E-state index contributed by atoms with van der Waals surface area (Å²) in [5, 5.41) is 11.5. The lowest BCUT2D eigenvalue weighted by molar-refractivity contribution is -0.146. The first-order valence-corrected chi connectivity index (χ1v) is 6.93. The van der Waals surface area contributed by atoms with E-state index in [1.54, 1.807) is 0 Å². The van der Waals surface area contributed by atoms with Crippen LogP contribution in [0, 0.1) is 11.8 Å². The van der Waals surface area contributed by atoms with Gasteiger partial charge < -0.3 is 10.4 Å². The van der Waals surface area contributed by atoms with E-state index in [4.69, 9.17) is 5.11 Å². The predicted molar refractivity (Wildman–Crippen MR) is 78.3 cm³/mol. The molecule has 0 aliphatic carbocycles. The number of carboxylic acids is 1. The van der Waals surface area contributed by atoms with Crippen molar-refractivity contribution < 1.29 is 14.7 Å². The molecule has 2 N–H and O–H groups in total. The number of aliphatic carboxylic acids is 1. The maximum Gasteiger partial charge on any atom is 0.315 e. The van der Waals surface area contributed by atoms with Crippen LogP contribution in [-0.4, -0.2) is 17.0 Å². The van der Waals surface area contributed by atoms with Crippen LogP contribution in [-0.2, 0) is 16.0 Å². The second-order valence-corrected chi connectivity index (χ2v) is 5.63. The first-order valence-electron chi connectivity index (χ1n) is 6.93. The minimum atomic E-state index is -1.11. The Morgan fingerprint density at radius 2 is 1.65 bits per heavy atom. The van der Waals surface area contributed by atoms with Crippen LogP contribution in [0.4, 0.5) is 0 Å². The number of carbonyl (C=O) groups excluding carboxylic acids is 1. The summed E-state index contributed by atoms with van der Waals surface area (Å²) in [5.74, 6) is -2.00. The Labute approximate surface area is 120 Å². The van der Waals surface area contributed by atoms with Crippen LogP contribution in [0.25, 0.3) is 0 Å². The van der Waals surface area contributed by atoms with Crippen molar-refractivity contribution in [3.05, 3.63) is 35.4 Å². The van der Waals surface area contributed by atoms with Gasteiger partial charge in [0, 0.05) is 0 Å². The maximum absolute atomic E-state index is 11.7. The lowest BCUT2D eigenvalue weighted by Crippen LogP contribution is -2.35. The normalized spacial score (nSPS) is 13.8. The molecule has 0 fully saturated rings. The van der Waals surface area contributed by atoms with Crippen LogP contribution >= 0.6 is 0 Å². The average Bonchev–Trinajstić information content (AvgIpc) is 2.37. The molecule has 4 nitrogen and oxygen atoms in total. The summed E-state index contributed by atoms with van der Waals surface area (Å²) in [5.41, 5.74) is 2.24. The zero-order valence-electron chi connectivity index (χ0n) is 12.5. The quantitative estimate of drug-likeness (QED) is 0.786. The molecule has 0 bridgehead atoms. The molecule has 1 aromatic rings. The fraction of sp³-hybridized carbons (Fsp3) is 0.500. The highest BCUT2D eigenvalue weighted by Crippen LogP contribution is 2.16. The molecule has 0 saturated heterocycles. The summed E-state index contributed by atoms with van der Waals surface area (Å²) in [6, 6.07) is 7.87. The number of carbonyl (C=O) groups is 2. The van der Waals surface area contributed by atoms with Crippen molar-refractivity contribution in [1.29, 1.82) is 0 Å². The van der Waals surface area contributed by atoms with Crippen LogP contribution in [0.15, 0.2) is 24.3 Å². The molecular formula is C16H23NO3. The van der Waals surface area contributed by atoms with E-state index in [1.165, 1.54) is 12.5 Å². The lowest BCUT2D eigenvalue weighted by atomic mass is 9.99. The summed E-state index contributed by atoms with van der Waals surface area (Å²) >= 11 is 0. The minimum Gasteiger partial charge on any atom is -0.481 e. The average molecular weight is 277 g/mol. The van der Waals surface area contributed by atoms with Gasteiger partial charge >= 0.3 is 5.97 Å². The van der Waals surface area contributed by atoms with Gasteiger partial charge in [0.15, 0.2) is 0 Å². The Morgan fingerprint density at radius 3 is 2.10 bits per heavy atom. The molecular weight excluding hydrogens is 254 g/mol. The largest absolute Gasteiger partial charge is 0.481 e. The van der Waals surface area contributed by atoms with Crippen molar-refractivity contribution in [1.82, 2.24) is 5.32 Å². The summed E-state index contributed by atoms with van der Waals surface area (Å²) in [7, 11) is 0. The molecule has 0 aliphatic rings. The topological polar surface area (TPSA) is 66.4 Å². The third-order valence-electron chi connectivity index (χ3n) is 3.25. The summed E-state index contributed by atoms with van der Waals surface area (Å²) < 4.78 is 0. The molecule has 0 aromatic heterocycles. The molecule has 0 heterocycles. The van der Waals surface area contributed by atoms with E-state index in [9.17, 15) is 9.59 Å². The van der Waals surface area contributed by atoms with Crippen LogP contribution in [0.3, 0.4) is 0 Å². The van der Waals surface area contributed by atoms with E-state index in [0.717, 1.165) is 12.0 Å². The van der Waals surface area contributed by atoms with Crippen molar-refractivity contribution in [2.24, 2.45) is 11.8 Å². The van der Waals surface area contributed by atoms with Gasteiger partial charge in [0.2, 0.25) is 5.91 Å². The monoisotopic (exact) mass is 277 g/mol. The van der Waals surface area contributed by atoms with Crippen molar-refractivity contribution in [2.45, 2.75) is 40.2 Å². The van der Waals surface area contributed by atoms with Crippen molar-refractivity contribution >= 4 is 11.9 Å². The number of benzene rings is 1. The van der Waals surface area contributed by atoms with Gasteiger partial charge in [-0.2, -0.15) is 0 Å². The Hall–Kier alpha value is -1.84. The van der Waals surface area contributed by atoms with E-state index in [0.29, 0.717) is 5.92 Å². The predicted octanol–water partition coefficient (Wildman–Crippen LogP) is 2.78. The Kier molecular flexibility index (Phi) is 5.74. The summed E-state index contributed by atoms with van der Waals surface area (Å²) in [6.07, 6.45) is 1.02. The fourth-order valence-electron chi connectivity index (χ4n) is 1.95. The molecule has 1 rings (SSSR count). The van der Waals surface area contributed by atoms with Crippen LogP contribution in [0.5, 0.6) is 0 Å². The van der Waals surface area contributed by atoms with Crippen molar-refractivity contribution in [2.75, 3.05) is 0 Å². The zero-order valence-corrected chi connectivity index (χ0v) is 12.5. The number of nitrogens with one attached hydrogen (secondary N) is 1. The number of hydrogen-bond donors (Lipinski definition) is 2. The fourth-order valence-corrected chi connectivity index (χ4v) is 1.95. The molecule has 0 radical (unpaired) electrons. The molecule has 2 atom stereocenters. The maximum atomic E-state index is 11.7. The highest BCUT2D eigenvalue weighted by Gasteiger charge is 2.22. The SMILES string of the molecule is CC(C)Cc1ccc(C(C)NC(=O)C(C)C(=O)O)cc1. The summed E-state index contributed by atoms with van der Waals surface area (Å²) in [6.45, 7) is 7.58. The third-order valence-corrected chi connectivity index (χ3v) is 3.25. The van der Waals surface area contributed by atoms with Crippen molar-refractivity contribution in [3.63, 3.8) is 0 Å². The number of amides is 1. The molecule has 0 spiro atoms. The first-order chi connectivity index (χ1) is 9.31. The standard InChI is InChI=1S/C16H23NO3/c1-10(2)9-13-5-7-14(8-6-13)12(4)17-15(18)11(3)16(19)20/h5-8,10-12H,9H2,1-4H3,(H,17,18)(H,19,20). The van der Waals surface area contributed by atoms with Gasteiger partial charge in [-0.3, -0.25) is 9.59 Å². The van der Waals surface area contributed by atoms with Gasteiger partial charge in [-0.15, -0.1) is 0 Å². The number of hydrogen-bond acceptors (Lipinski definition) is 2. The third kappa shape index (κ3) is 4.68. The number of carboxylic acid groups (broad SMARTS) is 1. The van der Waals surface area contributed by atoms with E-state index in [1.807, 2.05) is 19.1 Å². The van der Waals surface area contributed by atoms with Crippen LogP contribution in [0.2, 0.25) is 0 Å². The van der Waals surface area contributed by atoms with Gasteiger partial charge in [0.05, 0.1) is 6.04 Å². The molecule has 110 valence electrons. The lowest BCUT2D eigenvalue weighted by Gasteiger charge is -2.16. The van der Waals surface area contributed by atoms with E-state index >= 15 is 0 Å². The molecule has 1 aromatic carbocycles. The van der Waals surface area contributed by atoms with E-state index in [2.05, 4.69) is 31.3 Å². The van der Waals surface area contributed by atoms with Gasteiger partial charge in [-0.05, 0) is 37.3 Å². The zero-order chi connectivity index (χ0) is 15.3. The highest BCUT2D eigenvalue weighted by atomic mass is 16.4. The highest BCUT2D eigenvalue weighted by molar-refractivity contribution is 5.96. The first kappa shape index (κ1) is 16.2. The van der Waals surface area contributed by atoms with Gasteiger partial charge in [-0.1, -0.05) is 38.1 Å². The van der Waals surface area contributed by atoms with Gasteiger partial charge in [0.25, 0.3) is 0 Å². The summed E-state index contributed by atoms with van der Waals surface area (Å²) in [4.78, 5) is 22.4. The molecule has 4 heteroatoms. The minimum absolute atomic E-state index is 0.197. The Bertz CT molecular complexity index is 465. The van der Waals surface area contributed by atoms with Crippen LogP contribution < -0.4 is 5.32 Å². The Morgan fingerprint density at radius 1 is 1.10 bits per heavy atom. The molecule has 1 amide bonds. The van der Waals surface area contributed by atoms with Crippen molar-refractivity contribution in [3.8, 4) is 0 Å². The van der Waals surface area contributed by atoms with E-state index < -0.39 is 17.8 Å². The Balaban J connectivity index is 2.66. The smallest absolute Gasteiger partial charge is 0.315 e. The van der Waals surface area contributed by atoms with Gasteiger partial charge in [-0.25, -0.2) is 0 Å². The van der Waals surface area contributed by atoms with Gasteiger partial charge in [0.1, 0.15) is 5.92 Å². The molecule has 0 saturated carbocycles. The molecule has 0 aliphatic heterocycles. The molecule has 2 unspecified atom stereocenters. The second-order valence-electron chi connectivity index (χ2n) is 5.63. The molecule has 20 heavy (non-hydrogen) atoms. The second kappa shape index (κ2) is 7.08. The number of rotatable bonds is 6. The van der Waals surface area contributed by atoms with E-state index in [-0.39, 0.29) is 6.04 Å².